The van der Waals surface area contributed by atoms with E-state index in [0.29, 0.717) is 6.04 Å². The average molecular weight is 396 g/mol. The zero-order chi connectivity index (χ0) is 13.1. The first-order valence-corrected chi connectivity index (χ1v) is 8.43. The van der Waals surface area contributed by atoms with E-state index in [1.807, 2.05) is 0 Å². The van der Waals surface area contributed by atoms with Crippen molar-refractivity contribution in [1.82, 2.24) is 5.32 Å². The van der Waals surface area contributed by atoms with Gasteiger partial charge in [0.1, 0.15) is 0 Å². The van der Waals surface area contributed by atoms with E-state index in [9.17, 15) is 4.79 Å². The first-order valence-electron chi connectivity index (χ1n) is 6.02. The summed E-state index contributed by atoms with van der Waals surface area (Å²) in [7, 11) is 0. The Hall–Kier alpha value is 0.0900. The van der Waals surface area contributed by atoms with Crippen molar-refractivity contribution >= 4 is 49.1 Å². The van der Waals surface area contributed by atoms with E-state index in [1.54, 1.807) is 11.3 Å². The molecular formula is C12H16Br2N2OS. The fraction of sp³-hybridized carbons (Fsp3) is 0.583. The summed E-state index contributed by atoms with van der Waals surface area (Å²) in [6.07, 6.45) is 3.93. The Bertz CT molecular complexity index is 408. The SMILES string of the molecule is NC(=O)C1CCC(NCc2cc(Br)c(Br)s2)CC1. The van der Waals surface area contributed by atoms with Crippen molar-refractivity contribution in [3.05, 3.63) is 19.2 Å². The van der Waals surface area contributed by atoms with Gasteiger partial charge in [-0.05, 0) is 63.6 Å². The van der Waals surface area contributed by atoms with Crippen molar-refractivity contribution in [2.75, 3.05) is 0 Å². The van der Waals surface area contributed by atoms with E-state index < -0.39 is 0 Å². The molecule has 1 fully saturated rings. The quantitative estimate of drug-likeness (QED) is 0.820. The molecule has 18 heavy (non-hydrogen) atoms. The summed E-state index contributed by atoms with van der Waals surface area (Å²) in [6.45, 7) is 0.890. The summed E-state index contributed by atoms with van der Waals surface area (Å²) in [5, 5.41) is 3.55. The van der Waals surface area contributed by atoms with Crippen LogP contribution in [0.4, 0.5) is 0 Å². The molecule has 1 aliphatic rings. The van der Waals surface area contributed by atoms with Crippen molar-refractivity contribution in [3.63, 3.8) is 0 Å². The highest BCUT2D eigenvalue weighted by Crippen LogP contribution is 2.32. The molecule has 100 valence electrons. The van der Waals surface area contributed by atoms with E-state index in [1.165, 1.54) is 4.88 Å². The number of nitrogens with one attached hydrogen (secondary N) is 1. The Morgan fingerprint density at radius 2 is 2.06 bits per heavy atom. The van der Waals surface area contributed by atoms with Gasteiger partial charge in [-0.25, -0.2) is 0 Å². The highest BCUT2D eigenvalue weighted by Gasteiger charge is 2.24. The second-order valence-electron chi connectivity index (χ2n) is 4.67. The largest absolute Gasteiger partial charge is 0.369 e. The molecule has 1 aromatic heterocycles. The van der Waals surface area contributed by atoms with E-state index in [2.05, 4.69) is 43.2 Å². The molecule has 1 saturated carbocycles. The Labute approximate surface area is 128 Å². The number of nitrogens with two attached hydrogens (primary N) is 1. The first-order chi connectivity index (χ1) is 8.56. The average Bonchev–Trinajstić information content (AvgIpc) is 2.67. The molecular weight excluding hydrogens is 380 g/mol. The van der Waals surface area contributed by atoms with E-state index in [4.69, 9.17) is 5.73 Å². The van der Waals surface area contributed by atoms with Crippen molar-refractivity contribution in [2.45, 2.75) is 38.3 Å². The van der Waals surface area contributed by atoms with E-state index in [0.717, 1.165) is 40.5 Å². The molecule has 1 aromatic rings. The molecule has 0 bridgehead atoms. The van der Waals surface area contributed by atoms with Crippen LogP contribution >= 0.6 is 43.2 Å². The lowest BCUT2D eigenvalue weighted by Crippen LogP contribution is -2.36. The van der Waals surface area contributed by atoms with E-state index >= 15 is 0 Å². The minimum absolute atomic E-state index is 0.0908. The fourth-order valence-electron chi connectivity index (χ4n) is 2.31. The Morgan fingerprint density at radius 3 is 2.56 bits per heavy atom. The lowest BCUT2D eigenvalue weighted by Gasteiger charge is -2.27. The molecule has 0 spiro atoms. The first kappa shape index (κ1) is 14.5. The van der Waals surface area contributed by atoms with Gasteiger partial charge in [-0.1, -0.05) is 0 Å². The monoisotopic (exact) mass is 394 g/mol. The topological polar surface area (TPSA) is 55.1 Å². The summed E-state index contributed by atoms with van der Waals surface area (Å²) < 4.78 is 2.25. The highest BCUT2D eigenvalue weighted by molar-refractivity contribution is 9.13. The lowest BCUT2D eigenvalue weighted by molar-refractivity contribution is -0.122. The molecule has 3 nitrogen and oxygen atoms in total. The number of carbonyl (C=O) groups excluding carboxylic acids is 1. The normalized spacial score (nSPS) is 24.1. The van der Waals surface area contributed by atoms with Crippen LogP contribution in [0.25, 0.3) is 0 Å². The van der Waals surface area contributed by atoms with Crippen LogP contribution in [0.2, 0.25) is 0 Å². The van der Waals surface area contributed by atoms with Crippen LogP contribution in [0.1, 0.15) is 30.6 Å². The third-order valence-corrected chi connectivity index (χ3v) is 6.65. The predicted octanol–water partition coefficient (Wildman–Crippen LogP) is 3.41. The second kappa shape index (κ2) is 6.50. The Balaban J connectivity index is 1.77. The summed E-state index contributed by atoms with van der Waals surface area (Å²) in [6, 6.07) is 2.65. The van der Waals surface area contributed by atoms with Gasteiger partial charge in [0, 0.05) is 27.9 Å². The molecule has 0 aromatic carbocycles. The molecule has 6 heteroatoms. The number of halogens is 2. The maximum Gasteiger partial charge on any atom is 0.220 e. The number of hydrogen-bond donors (Lipinski definition) is 2. The summed E-state index contributed by atoms with van der Waals surface area (Å²) in [5.74, 6) is -0.0485. The molecule has 0 aliphatic heterocycles. The molecule has 1 heterocycles. The molecule has 0 atom stereocenters. The van der Waals surface area contributed by atoms with Crippen LogP contribution in [0.5, 0.6) is 0 Å². The summed E-state index contributed by atoms with van der Waals surface area (Å²) in [4.78, 5) is 12.4. The summed E-state index contributed by atoms with van der Waals surface area (Å²) in [5.41, 5.74) is 5.33. The van der Waals surface area contributed by atoms with Crippen LogP contribution in [0, 0.1) is 5.92 Å². The van der Waals surface area contributed by atoms with Gasteiger partial charge >= 0.3 is 0 Å². The second-order valence-corrected chi connectivity index (χ2v) is 7.98. The van der Waals surface area contributed by atoms with Gasteiger partial charge in [-0.15, -0.1) is 11.3 Å². The number of carbonyl (C=O) groups is 1. The van der Waals surface area contributed by atoms with Crippen LogP contribution in [0.3, 0.4) is 0 Å². The van der Waals surface area contributed by atoms with Crippen LogP contribution in [-0.2, 0) is 11.3 Å². The molecule has 1 aliphatic carbocycles. The van der Waals surface area contributed by atoms with Gasteiger partial charge in [-0.2, -0.15) is 0 Å². The number of rotatable bonds is 4. The molecule has 2 rings (SSSR count). The molecule has 1 amide bonds. The standard InChI is InChI=1S/C12H16Br2N2OS/c13-10-5-9(18-11(10)14)6-16-8-3-1-7(2-4-8)12(15)17/h5,7-8,16H,1-4,6H2,(H2,15,17). The Morgan fingerprint density at radius 1 is 1.39 bits per heavy atom. The number of primary amides is 1. The van der Waals surface area contributed by atoms with Gasteiger partial charge < -0.3 is 11.1 Å². The fourth-order valence-corrected chi connectivity index (χ4v) is 4.43. The third-order valence-electron chi connectivity index (χ3n) is 3.39. The smallest absolute Gasteiger partial charge is 0.220 e. The van der Waals surface area contributed by atoms with Gasteiger partial charge in [0.15, 0.2) is 0 Å². The van der Waals surface area contributed by atoms with E-state index in [-0.39, 0.29) is 11.8 Å². The molecule has 0 unspecified atom stereocenters. The van der Waals surface area contributed by atoms with Crippen molar-refractivity contribution in [2.24, 2.45) is 11.7 Å². The van der Waals surface area contributed by atoms with Crippen molar-refractivity contribution in [1.29, 1.82) is 0 Å². The van der Waals surface area contributed by atoms with Crippen LogP contribution in [0.15, 0.2) is 14.3 Å². The van der Waals surface area contributed by atoms with Gasteiger partial charge in [0.2, 0.25) is 5.91 Å². The number of amides is 1. The van der Waals surface area contributed by atoms with Crippen LogP contribution < -0.4 is 11.1 Å². The van der Waals surface area contributed by atoms with Crippen LogP contribution in [-0.4, -0.2) is 11.9 Å². The zero-order valence-corrected chi connectivity index (χ0v) is 13.9. The third kappa shape index (κ3) is 3.79. The molecule has 3 N–H and O–H groups in total. The highest BCUT2D eigenvalue weighted by atomic mass is 79.9. The minimum Gasteiger partial charge on any atom is -0.369 e. The van der Waals surface area contributed by atoms with Gasteiger partial charge in [0.05, 0.1) is 3.79 Å². The lowest BCUT2D eigenvalue weighted by atomic mass is 9.85. The van der Waals surface area contributed by atoms with Gasteiger partial charge in [-0.3, -0.25) is 4.79 Å². The molecule has 0 saturated heterocycles. The zero-order valence-electron chi connectivity index (χ0n) is 9.92. The predicted molar refractivity (Wildman–Crippen MR) is 81.5 cm³/mol. The summed E-state index contributed by atoms with van der Waals surface area (Å²) >= 11 is 8.73. The number of thiophene rings is 1. The van der Waals surface area contributed by atoms with Crippen molar-refractivity contribution < 1.29 is 4.79 Å². The maximum absolute atomic E-state index is 11.1. The van der Waals surface area contributed by atoms with Crippen molar-refractivity contribution in [3.8, 4) is 0 Å². The minimum atomic E-state index is -0.139. The maximum atomic E-state index is 11.1. The molecule has 0 radical (unpaired) electrons. The number of hydrogen-bond acceptors (Lipinski definition) is 3. The Kier molecular flexibility index (Phi) is 5.24. The van der Waals surface area contributed by atoms with Gasteiger partial charge in [0.25, 0.3) is 0 Å².